The molecule has 0 aliphatic carbocycles. The maximum atomic E-state index is 13.5. The van der Waals surface area contributed by atoms with Crippen LogP contribution in [-0.2, 0) is 17.7 Å². The van der Waals surface area contributed by atoms with Crippen molar-refractivity contribution in [3.05, 3.63) is 52.5 Å². The number of nitrogens with one attached hydrogen (secondary N) is 1. The SMILES string of the molecule is Cc1cc(C(=O)N2CCc3oc(C(=O)NC[C@H]4CN(C)CCO4)nc3C2)ccc1F. The molecule has 3 heterocycles. The van der Waals surface area contributed by atoms with Crippen LogP contribution < -0.4 is 5.32 Å². The van der Waals surface area contributed by atoms with Gasteiger partial charge in [0.05, 0.1) is 19.3 Å². The molecule has 0 radical (unpaired) electrons. The summed E-state index contributed by atoms with van der Waals surface area (Å²) >= 11 is 0. The third-order valence-corrected chi connectivity index (χ3v) is 5.45. The van der Waals surface area contributed by atoms with E-state index < -0.39 is 5.91 Å². The minimum Gasteiger partial charge on any atom is -0.437 e. The number of aromatic nitrogens is 1. The monoisotopic (exact) mass is 416 g/mol. The average Bonchev–Trinajstić information content (AvgIpc) is 3.17. The minimum absolute atomic E-state index is 0.00362. The summed E-state index contributed by atoms with van der Waals surface area (Å²) in [6.45, 7) is 4.97. The maximum absolute atomic E-state index is 13.5. The third-order valence-electron chi connectivity index (χ3n) is 5.45. The Labute approximate surface area is 174 Å². The molecule has 1 fully saturated rings. The van der Waals surface area contributed by atoms with E-state index in [0.717, 1.165) is 13.1 Å². The molecule has 0 unspecified atom stereocenters. The molecular weight excluding hydrogens is 391 g/mol. The second kappa shape index (κ2) is 8.53. The third kappa shape index (κ3) is 4.36. The Balaban J connectivity index is 1.38. The highest BCUT2D eigenvalue weighted by Crippen LogP contribution is 2.22. The smallest absolute Gasteiger partial charge is 0.307 e. The van der Waals surface area contributed by atoms with Gasteiger partial charge in [0.1, 0.15) is 17.3 Å². The van der Waals surface area contributed by atoms with Crippen LogP contribution in [0.1, 0.15) is 38.1 Å². The van der Waals surface area contributed by atoms with Crippen LogP contribution in [0, 0.1) is 12.7 Å². The molecule has 2 aliphatic rings. The summed E-state index contributed by atoms with van der Waals surface area (Å²) in [5.74, 6) is -0.321. The first-order chi connectivity index (χ1) is 14.4. The number of halogens is 1. The van der Waals surface area contributed by atoms with E-state index in [-0.39, 0.29) is 30.3 Å². The Bertz CT molecular complexity index is 960. The minimum atomic E-state index is -0.395. The van der Waals surface area contributed by atoms with Crippen molar-refractivity contribution < 1.29 is 23.1 Å². The van der Waals surface area contributed by atoms with Crippen molar-refractivity contribution in [2.75, 3.05) is 39.8 Å². The number of hydrogen-bond acceptors (Lipinski definition) is 6. The van der Waals surface area contributed by atoms with Gasteiger partial charge >= 0.3 is 5.91 Å². The lowest BCUT2D eigenvalue weighted by molar-refractivity contribution is -0.0176. The Kier molecular flexibility index (Phi) is 5.83. The number of rotatable bonds is 4. The summed E-state index contributed by atoms with van der Waals surface area (Å²) in [6, 6.07) is 4.32. The van der Waals surface area contributed by atoms with Crippen molar-refractivity contribution in [1.29, 1.82) is 0 Å². The van der Waals surface area contributed by atoms with Crippen LogP contribution in [0.25, 0.3) is 0 Å². The molecule has 1 aromatic carbocycles. The molecule has 0 spiro atoms. The predicted molar refractivity (Wildman–Crippen MR) is 106 cm³/mol. The highest BCUT2D eigenvalue weighted by atomic mass is 19.1. The van der Waals surface area contributed by atoms with Gasteiger partial charge in [0.15, 0.2) is 0 Å². The fourth-order valence-corrected chi connectivity index (χ4v) is 3.70. The number of likely N-dealkylation sites (N-methyl/N-ethyl adjacent to an activating group) is 1. The summed E-state index contributed by atoms with van der Waals surface area (Å²) in [7, 11) is 2.01. The van der Waals surface area contributed by atoms with Crippen molar-refractivity contribution in [1.82, 2.24) is 20.1 Å². The van der Waals surface area contributed by atoms with E-state index in [1.54, 1.807) is 17.9 Å². The van der Waals surface area contributed by atoms with Gasteiger partial charge in [0.25, 0.3) is 11.8 Å². The zero-order valence-electron chi connectivity index (χ0n) is 17.1. The van der Waals surface area contributed by atoms with Gasteiger partial charge in [-0.15, -0.1) is 0 Å². The Hall–Kier alpha value is -2.78. The van der Waals surface area contributed by atoms with Gasteiger partial charge in [0.2, 0.25) is 0 Å². The van der Waals surface area contributed by atoms with Gasteiger partial charge in [-0.2, -0.15) is 0 Å². The van der Waals surface area contributed by atoms with Crippen LogP contribution in [0.15, 0.2) is 22.6 Å². The van der Waals surface area contributed by atoms with E-state index in [2.05, 4.69) is 15.2 Å². The van der Waals surface area contributed by atoms with Crippen LogP contribution >= 0.6 is 0 Å². The molecule has 4 rings (SSSR count). The van der Waals surface area contributed by atoms with Crippen molar-refractivity contribution in [3.8, 4) is 0 Å². The Morgan fingerprint density at radius 3 is 2.93 bits per heavy atom. The fourth-order valence-electron chi connectivity index (χ4n) is 3.70. The first-order valence-corrected chi connectivity index (χ1v) is 10.0. The van der Waals surface area contributed by atoms with E-state index in [0.29, 0.717) is 48.7 Å². The first-order valence-electron chi connectivity index (χ1n) is 10.0. The quantitative estimate of drug-likeness (QED) is 0.810. The molecule has 30 heavy (non-hydrogen) atoms. The molecule has 8 nitrogen and oxygen atoms in total. The standard InChI is InChI=1S/C21H25FN4O4/c1-13-9-14(3-4-16(13)22)21(28)26-6-5-18-17(12-26)24-20(30-18)19(27)23-10-15-11-25(2)7-8-29-15/h3-4,9,15H,5-8,10-12H2,1-2H3,(H,23,27)/t15-/m0/s1. The number of hydrogen-bond donors (Lipinski definition) is 1. The second-order valence-electron chi connectivity index (χ2n) is 7.79. The summed E-state index contributed by atoms with van der Waals surface area (Å²) in [5.41, 5.74) is 1.43. The molecule has 9 heteroatoms. The zero-order valence-corrected chi connectivity index (χ0v) is 17.1. The lowest BCUT2D eigenvalue weighted by Crippen LogP contribution is -2.46. The molecule has 0 saturated carbocycles. The summed E-state index contributed by atoms with van der Waals surface area (Å²) < 4.78 is 24.8. The van der Waals surface area contributed by atoms with Gasteiger partial charge in [-0.25, -0.2) is 9.37 Å². The number of carbonyl (C=O) groups excluding carboxylic acids is 2. The number of morpholine rings is 1. The number of ether oxygens (including phenoxy) is 1. The predicted octanol–water partition coefficient (Wildman–Crippen LogP) is 1.38. The molecule has 0 bridgehead atoms. The van der Waals surface area contributed by atoms with Crippen molar-refractivity contribution >= 4 is 11.8 Å². The molecule has 2 aromatic rings. The van der Waals surface area contributed by atoms with Crippen LogP contribution in [-0.4, -0.2) is 72.5 Å². The zero-order chi connectivity index (χ0) is 21.3. The normalized spacial score (nSPS) is 19.4. The topological polar surface area (TPSA) is 87.9 Å². The van der Waals surface area contributed by atoms with E-state index in [9.17, 15) is 14.0 Å². The van der Waals surface area contributed by atoms with Crippen molar-refractivity contribution in [2.24, 2.45) is 0 Å². The molecule has 1 atom stereocenters. The number of aryl methyl sites for hydroxylation is 1. The number of oxazole rings is 1. The molecule has 1 N–H and O–H groups in total. The Morgan fingerprint density at radius 1 is 1.33 bits per heavy atom. The maximum Gasteiger partial charge on any atom is 0.307 e. The highest BCUT2D eigenvalue weighted by molar-refractivity contribution is 5.94. The van der Waals surface area contributed by atoms with Gasteiger partial charge < -0.3 is 24.3 Å². The van der Waals surface area contributed by atoms with Crippen molar-refractivity contribution in [2.45, 2.75) is 26.0 Å². The van der Waals surface area contributed by atoms with Gasteiger partial charge in [-0.05, 0) is 37.7 Å². The number of benzene rings is 1. The molecule has 2 amide bonds. The van der Waals surface area contributed by atoms with Gasteiger partial charge in [0, 0.05) is 38.2 Å². The lowest BCUT2D eigenvalue weighted by atomic mass is 10.1. The number of fused-ring (bicyclic) bond motifs is 1. The van der Waals surface area contributed by atoms with E-state index in [1.807, 2.05) is 7.05 Å². The number of nitrogens with zero attached hydrogens (tertiary/aromatic N) is 3. The number of carbonyl (C=O) groups is 2. The van der Waals surface area contributed by atoms with Crippen LogP contribution in [0.5, 0.6) is 0 Å². The van der Waals surface area contributed by atoms with Gasteiger partial charge in [-0.1, -0.05) is 0 Å². The Morgan fingerprint density at radius 2 is 2.17 bits per heavy atom. The molecule has 2 aliphatic heterocycles. The molecular formula is C21H25FN4O4. The average molecular weight is 416 g/mol. The molecule has 160 valence electrons. The highest BCUT2D eigenvalue weighted by Gasteiger charge is 2.28. The van der Waals surface area contributed by atoms with E-state index in [4.69, 9.17) is 9.15 Å². The summed E-state index contributed by atoms with van der Waals surface area (Å²) in [4.78, 5) is 33.3. The molecule has 1 saturated heterocycles. The van der Waals surface area contributed by atoms with Gasteiger partial charge in [-0.3, -0.25) is 9.59 Å². The summed E-state index contributed by atoms with van der Waals surface area (Å²) in [6.07, 6.45) is 0.405. The summed E-state index contributed by atoms with van der Waals surface area (Å²) in [5, 5.41) is 2.81. The fraction of sp³-hybridized carbons (Fsp3) is 0.476. The second-order valence-corrected chi connectivity index (χ2v) is 7.79. The first kappa shape index (κ1) is 20.5. The van der Waals surface area contributed by atoms with Crippen molar-refractivity contribution in [3.63, 3.8) is 0 Å². The van der Waals surface area contributed by atoms with Crippen LogP contribution in [0.2, 0.25) is 0 Å². The largest absolute Gasteiger partial charge is 0.437 e. The van der Waals surface area contributed by atoms with Crippen LogP contribution in [0.4, 0.5) is 4.39 Å². The lowest BCUT2D eigenvalue weighted by Gasteiger charge is -2.29. The van der Waals surface area contributed by atoms with Crippen LogP contribution in [0.3, 0.4) is 0 Å². The molecule has 1 aromatic heterocycles. The number of amides is 2. The van der Waals surface area contributed by atoms with E-state index in [1.165, 1.54) is 12.1 Å². The van der Waals surface area contributed by atoms with E-state index >= 15 is 0 Å².